The Labute approximate surface area is 238 Å². The van der Waals surface area contributed by atoms with Crippen LogP contribution in [-0.2, 0) is 22.7 Å². The highest BCUT2D eigenvalue weighted by atomic mass is 35.5. The van der Waals surface area contributed by atoms with E-state index in [-0.39, 0.29) is 36.4 Å². The van der Waals surface area contributed by atoms with Gasteiger partial charge in [0.2, 0.25) is 11.8 Å². The molecule has 4 rings (SSSR count). The Morgan fingerprint density at radius 2 is 1.64 bits per heavy atom. The maximum Gasteiger partial charge on any atom is 0.242 e. The SMILES string of the molecule is CCC(C(=O)N(CC(=O)N(Cc1cccn1Cc1ccccc1Cl)C1CCCCC1)C(C)C)c1ccccc1. The topological polar surface area (TPSA) is 45.6 Å². The number of hydrogen-bond donors (Lipinski definition) is 0. The van der Waals surface area contributed by atoms with Crippen molar-refractivity contribution in [2.24, 2.45) is 0 Å². The first-order valence-corrected chi connectivity index (χ1v) is 14.8. The predicted octanol–water partition coefficient (Wildman–Crippen LogP) is 7.28. The minimum Gasteiger partial charge on any atom is -0.345 e. The normalized spacial score (nSPS) is 14.8. The fourth-order valence-corrected chi connectivity index (χ4v) is 5.93. The molecule has 0 aliphatic heterocycles. The number of amides is 2. The van der Waals surface area contributed by atoms with Gasteiger partial charge in [-0.3, -0.25) is 9.59 Å². The van der Waals surface area contributed by atoms with Crippen LogP contribution in [-0.4, -0.2) is 44.8 Å². The number of rotatable bonds is 11. The number of nitrogens with zero attached hydrogens (tertiary/aromatic N) is 3. The molecule has 1 saturated carbocycles. The van der Waals surface area contributed by atoms with Crippen molar-refractivity contribution >= 4 is 23.4 Å². The minimum absolute atomic E-state index is 0.0253. The lowest BCUT2D eigenvalue weighted by Gasteiger charge is -2.37. The number of carbonyl (C=O) groups is 2. The highest BCUT2D eigenvalue weighted by Crippen LogP contribution is 2.27. The molecule has 6 heteroatoms. The smallest absolute Gasteiger partial charge is 0.242 e. The summed E-state index contributed by atoms with van der Waals surface area (Å²) in [7, 11) is 0. The van der Waals surface area contributed by atoms with E-state index in [2.05, 4.69) is 16.8 Å². The molecule has 3 aromatic rings. The zero-order valence-electron chi connectivity index (χ0n) is 23.6. The predicted molar refractivity (Wildman–Crippen MR) is 159 cm³/mol. The van der Waals surface area contributed by atoms with Gasteiger partial charge in [0.25, 0.3) is 0 Å². The third kappa shape index (κ3) is 7.33. The lowest BCUT2D eigenvalue weighted by Crippen LogP contribution is -2.50. The van der Waals surface area contributed by atoms with Gasteiger partial charge >= 0.3 is 0 Å². The quantitative estimate of drug-likeness (QED) is 0.253. The van der Waals surface area contributed by atoms with Crippen LogP contribution in [0.2, 0.25) is 5.02 Å². The molecular formula is C33H42ClN3O2. The van der Waals surface area contributed by atoms with Gasteiger partial charge in [-0.2, -0.15) is 0 Å². The van der Waals surface area contributed by atoms with Gasteiger partial charge in [0.15, 0.2) is 0 Å². The molecule has 0 spiro atoms. The monoisotopic (exact) mass is 547 g/mol. The molecular weight excluding hydrogens is 506 g/mol. The Morgan fingerprint density at radius 3 is 2.31 bits per heavy atom. The van der Waals surface area contributed by atoms with Crippen LogP contribution in [0.4, 0.5) is 0 Å². The fraction of sp³-hybridized carbons (Fsp3) is 0.455. The van der Waals surface area contributed by atoms with Crippen LogP contribution in [0.3, 0.4) is 0 Å². The molecule has 1 aromatic heterocycles. The van der Waals surface area contributed by atoms with E-state index in [1.165, 1.54) is 6.42 Å². The molecule has 1 aliphatic carbocycles. The van der Waals surface area contributed by atoms with Crippen LogP contribution in [0.5, 0.6) is 0 Å². The first-order valence-electron chi connectivity index (χ1n) is 14.4. The second-order valence-electron chi connectivity index (χ2n) is 11.0. The van der Waals surface area contributed by atoms with Gasteiger partial charge in [-0.25, -0.2) is 0 Å². The van der Waals surface area contributed by atoms with Gasteiger partial charge in [0.05, 0.1) is 12.5 Å². The molecule has 2 amide bonds. The number of hydrogen-bond acceptors (Lipinski definition) is 2. The molecule has 0 bridgehead atoms. The highest BCUT2D eigenvalue weighted by molar-refractivity contribution is 6.31. The third-order valence-corrected chi connectivity index (χ3v) is 8.38. The average Bonchev–Trinajstić information content (AvgIpc) is 3.39. The van der Waals surface area contributed by atoms with E-state index in [1.807, 2.05) is 86.3 Å². The van der Waals surface area contributed by atoms with Crippen molar-refractivity contribution in [2.45, 2.75) is 90.4 Å². The van der Waals surface area contributed by atoms with Crippen molar-refractivity contribution in [3.8, 4) is 0 Å². The molecule has 0 N–H and O–H groups in total. The summed E-state index contributed by atoms with van der Waals surface area (Å²) in [6.45, 7) is 7.32. The molecule has 208 valence electrons. The standard InChI is InChI=1S/C33H42ClN3O2/c1-4-30(26-14-7-5-8-15-26)33(39)36(25(2)3)24-32(38)37(28-17-9-6-10-18-28)23-29-19-13-21-35(29)22-27-16-11-12-20-31(27)34/h5,7-8,11-16,19-21,25,28,30H,4,6,9-10,17-18,22-24H2,1-3H3. The first kappa shape index (κ1) is 28.9. The molecule has 1 atom stereocenters. The van der Waals surface area contributed by atoms with E-state index < -0.39 is 0 Å². The maximum absolute atomic E-state index is 14.1. The van der Waals surface area contributed by atoms with Gasteiger partial charge < -0.3 is 14.4 Å². The summed E-state index contributed by atoms with van der Waals surface area (Å²) in [6.07, 6.45) is 8.25. The van der Waals surface area contributed by atoms with Crippen molar-refractivity contribution in [1.29, 1.82) is 0 Å². The van der Waals surface area contributed by atoms with Gasteiger partial charge in [-0.15, -0.1) is 0 Å². The molecule has 1 aliphatic rings. The molecule has 0 saturated heterocycles. The van der Waals surface area contributed by atoms with Crippen molar-refractivity contribution < 1.29 is 9.59 Å². The molecule has 0 radical (unpaired) electrons. The Kier molecular flexibility index (Phi) is 10.3. The van der Waals surface area contributed by atoms with Gasteiger partial charge in [0, 0.05) is 35.5 Å². The molecule has 1 unspecified atom stereocenters. The largest absolute Gasteiger partial charge is 0.345 e. The van der Waals surface area contributed by atoms with Crippen molar-refractivity contribution in [3.63, 3.8) is 0 Å². The van der Waals surface area contributed by atoms with Crippen LogP contribution >= 0.6 is 11.6 Å². The highest BCUT2D eigenvalue weighted by Gasteiger charge is 2.32. The van der Waals surface area contributed by atoms with E-state index in [0.717, 1.165) is 47.5 Å². The summed E-state index contributed by atoms with van der Waals surface area (Å²) in [4.78, 5) is 31.7. The summed E-state index contributed by atoms with van der Waals surface area (Å²) in [5, 5.41) is 0.743. The summed E-state index contributed by atoms with van der Waals surface area (Å²) in [5.41, 5.74) is 3.13. The zero-order chi connectivity index (χ0) is 27.8. The first-order chi connectivity index (χ1) is 18.9. The minimum atomic E-state index is -0.252. The molecule has 1 heterocycles. The summed E-state index contributed by atoms with van der Waals surface area (Å²) in [6, 6.07) is 22.1. The van der Waals surface area contributed by atoms with E-state index >= 15 is 0 Å². The van der Waals surface area contributed by atoms with Gasteiger partial charge in [-0.1, -0.05) is 86.3 Å². The van der Waals surface area contributed by atoms with Crippen LogP contribution in [0.1, 0.15) is 82.0 Å². The number of carbonyl (C=O) groups excluding carboxylic acids is 2. The van der Waals surface area contributed by atoms with Crippen molar-refractivity contribution in [1.82, 2.24) is 14.4 Å². The van der Waals surface area contributed by atoms with Crippen LogP contribution in [0, 0.1) is 0 Å². The van der Waals surface area contributed by atoms with Gasteiger partial charge in [-0.05, 0) is 62.4 Å². The van der Waals surface area contributed by atoms with Crippen molar-refractivity contribution in [3.05, 3.63) is 94.8 Å². The Hall–Kier alpha value is -3.05. The molecule has 2 aromatic carbocycles. The maximum atomic E-state index is 14.1. The van der Waals surface area contributed by atoms with Crippen LogP contribution in [0.25, 0.3) is 0 Å². The van der Waals surface area contributed by atoms with E-state index in [4.69, 9.17) is 11.6 Å². The Morgan fingerprint density at radius 1 is 0.949 bits per heavy atom. The number of aromatic nitrogens is 1. The van der Waals surface area contributed by atoms with Crippen LogP contribution < -0.4 is 0 Å². The van der Waals surface area contributed by atoms with E-state index in [1.54, 1.807) is 4.90 Å². The number of benzene rings is 2. The second-order valence-corrected chi connectivity index (χ2v) is 11.4. The van der Waals surface area contributed by atoms with Crippen LogP contribution in [0.15, 0.2) is 72.9 Å². The fourth-order valence-electron chi connectivity index (χ4n) is 5.74. The van der Waals surface area contributed by atoms with E-state index in [0.29, 0.717) is 19.5 Å². The Bertz CT molecular complexity index is 1220. The summed E-state index contributed by atoms with van der Waals surface area (Å²) >= 11 is 6.45. The van der Waals surface area contributed by atoms with E-state index in [9.17, 15) is 9.59 Å². The molecule has 5 nitrogen and oxygen atoms in total. The summed E-state index contributed by atoms with van der Waals surface area (Å²) < 4.78 is 2.18. The summed E-state index contributed by atoms with van der Waals surface area (Å²) in [5.74, 6) is -0.201. The third-order valence-electron chi connectivity index (χ3n) is 8.01. The lowest BCUT2D eigenvalue weighted by atomic mass is 9.93. The average molecular weight is 548 g/mol. The Balaban J connectivity index is 1.56. The zero-order valence-corrected chi connectivity index (χ0v) is 24.3. The van der Waals surface area contributed by atoms with Crippen molar-refractivity contribution in [2.75, 3.05) is 6.54 Å². The lowest BCUT2D eigenvalue weighted by molar-refractivity contribution is -0.145. The number of halogens is 1. The molecule has 1 fully saturated rings. The second kappa shape index (κ2) is 13.8. The van der Waals surface area contributed by atoms with Gasteiger partial charge in [0.1, 0.15) is 6.54 Å². The molecule has 39 heavy (non-hydrogen) atoms.